The minimum atomic E-state index is -2.25. The Kier molecular flexibility index (Phi) is 10.7. The summed E-state index contributed by atoms with van der Waals surface area (Å²) in [6, 6.07) is 0. The van der Waals surface area contributed by atoms with E-state index in [1.54, 1.807) is 4.90 Å². The number of hydrogen-bond donors (Lipinski definition) is 0. The number of hydrogen-bond acceptors (Lipinski definition) is 1. The van der Waals surface area contributed by atoms with Crippen molar-refractivity contribution >= 4 is 11.6 Å². The van der Waals surface area contributed by atoms with Gasteiger partial charge in [-0.05, 0) is 13.0 Å². The molecule has 15 heavy (non-hydrogen) atoms. The molecule has 0 heterocycles. The molecule has 0 saturated heterocycles. The Morgan fingerprint density at radius 2 is 1.73 bits per heavy atom. The number of unbranched alkanes of at least 4 members (excludes halogenated alkanes) is 4. The van der Waals surface area contributed by atoms with Gasteiger partial charge in [-0.2, -0.15) is 0 Å². The predicted octanol–water partition coefficient (Wildman–Crippen LogP) is 3.76. The topological polar surface area (TPSA) is 3.24 Å². The molecule has 92 valence electrons. The lowest BCUT2D eigenvalue weighted by atomic mass is 10.1. The summed E-state index contributed by atoms with van der Waals surface area (Å²) in [4.78, 5) is 1.75. The van der Waals surface area contributed by atoms with Gasteiger partial charge in [0.05, 0.1) is 6.54 Å². The fourth-order valence-electron chi connectivity index (χ4n) is 1.55. The van der Waals surface area contributed by atoms with Crippen LogP contribution in [0.15, 0.2) is 0 Å². The van der Waals surface area contributed by atoms with E-state index in [-0.39, 0.29) is 6.54 Å². The Morgan fingerprint density at radius 3 is 2.27 bits per heavy atom. The Bertz CT molecular complexity index is 134. The zero-order valence-corrected chi connectivity index (χ0v) is 10.3. The lowest BCUT2D eigenvalue weighted by molar-refractivity contribution is 0.0902. The highest BCUT2D eigenvalue weighted by Crippen LogP contribution is 2.05. The molecule has 0 bridgehead atoms. The highest BCUT2D eigenvalue weighted by molar-refractivity contribution is 6.18. The first-order valence-corrected chi connectivity index (χ1v) is 6.30. The van der Waals surface area contributed by atoms with Gasteiger partial charge in [0.15, 0.2) is 0 Å². The molecule has 0 aromatic carbocycles. The smallest absolute Gasteiger partial charge is 0.251 e. The average molecular weight is 242 g/mol. The van der Waals surface area contributed by atoms with Gasteiger partial charge in [0.2, 0.25) is 0 Å². The van der Waals surface area contributed by atoms with Crippen molar-refractivity contribution in [2.45, 2.75) is 45.5 Å². The van der Waals surface area contributed by atoms with Crippen LogP contribution < -0.4 is 0 Å². The normalized spacial score (nSPS) is 11.6. The Balaban J connectivity index is 3.47. The van der Waals surface area contributed by atoms with Crippen LogP contribution in [0.3, 0.4) is 0 Å². The van der Waals surface area contributed by atoms with Gasteiger partial charge in [0.25, 0.3) is 6.43 Å². The van der Waals surface area contributed by atoms with Crippen LogP contribution in [0.4, 0.5) is 8.78 Å². The van der Waals surface area contributed by atoms with Gasteiger partial charge >= 0.3 is 0 Å². The maximum Gasteiger partial charge on any atom is 0.251 e. The molecule has 0 aromatic heterocycles. The number of nitrogens with zero attached hydrogens (tertiary/aromatic N) is 1. The summed E-state index contributed by atoms with van der Waals surface area (Å²) in [5.41, 5.74) is 0. The molecule has 0 aliphatic heterocycles. The van der Waals surface area contributed by atoms with Crippen LogP contribution in [0.5, 0.6) is 0 Å². The fraction of sp³-hybridized carbons (Fsp3) is 1.00. The van der Waals surface area contributed by atoms with Crippen molar-refractivity contribution in [2.75, 3.05) is 25.5 Å². The molecule has 0 unspecified atom stereocenters. The molecule has 0 rings (SSSR count). The second kappa shape index (κ2) is 10.6. The van der Waals surface area contributed by atoms with Crippen LogP contribution in [0, 0.1) is 0 Å². The third-order valence-electron chi connectivity index (χ3n) is 2.37. The van der Waals surface area contributed by atoms with E-state index in [4.69, 9.17) is 11.6 Å². The van der Waals surface area contributed by atoms with Crippen molar-refractivity contribution in [1.82, 2.24) is 4.90 Å². The maximum absolute atomic E-state index is 12.2. The first kappa shape index (κ1) is 15.1. The first-order valence-electron chi connectivity index (χ1n) is 5.77. The van der Waals surface area contributed by atoms with Gasteiger partial charge in [-0.1, -0.05) is 32.6 Å². The van der Waals surface area contributed by atoms with Crippen molar-refractivity contribution < 1.29 is 8.78 Å². The molecular formula is C11H22ClF2N. The van der Waals surface area contributed by atoms with Crippen LogP contribution in [0.25, 0.3) is 0 Å². The summed E-state index contributed by atoms with van der Waals surface area (Å²) >= 11 is 5.56. The molecule has 0 N–H and O–H groups in total. The van der Waals surface area contributed by atoms with E-state index >= 15 is 0 Å². The molecule has 0 saturated carbocycles. The predicted molar refractivity (Wildman–Crippen MR) is 61.9 cm³/mol. The van der Waals surface area contributed by atoms with E-state index in [1.807, 2.05) is 0 Å². The summed E-state index contributed by atoms with van der Waals surface area (Å²) in [6.07, 6.45) is 3.55. The van der Waals surface area contributed by atoms with E-state index in [2.05, 4.69) is 6.92 Å². The minimum absolute atomic E-state index is 0.138. The summed E-state index contributed by atoms with van der Waals surface area (Å²) in [5.74, 6) is 0.432. The zero-order valence-electron chi connectivity index (χ0n) is 9.52. The van der Waals surface area contributed by atoms with E-state index in [1.165, 1.54) is 19.3 Å². The maximum atomic E-state index is 12.2. The summed E-state index contributed by atoms with van der Waals surface area (Å²) < 4.78 is 24.3. The first-order chi connectivity index (χ1) is 7.20. The molecule has 0 amide bonds. The highest BCUT2D eigenvalue weighted by atomic mass is 35.5. The van der Waals surface area contributed by atoms with Crippen LogP contribution in [-0.2, 0) is 0 Å². The zero-order chi connectivity index (χ0) is 11.5. The van der Waals surface area contributed by atoms with Crippen LogP contribution in [-0.4, -0.2) is 36.8 Å². The monoisotopic (exact) mass is 241 g/mol. The summed E-state index contributed by atoms with van der Waals surface area (Å²) in [6.45, 7) is 3.34. The lowest BCUT2D eigenvalue weighted by Gasteiger charge is -2.20. The van der Waals surface area contributed by atoms with Gasteiger partial charge in [-0.3, -0.25) is 4.90 Å². The Morgan fingerprint density at radius 1 is 1.07 bits per heavy atom. The van der Waals surface area contributed by atoms with E-state index in [9.17, 15) is 8.78 Å². The summed E-state index contributed by atoms with van der Waals surface area (Å²) in [5, 5.41) is 0. The molecule has 0 fully saturated rings. The van der Waals surface area contributed by atoms with E-state index in [0.717, 1.165) is 19.4 Å². The largest absolute Gasteiger partial charge is 0.297 e. The molecule has 4 heteroatoms. The van der Waals surface area contributed by atoms with Crippen molar-refractivity contribution in [2.24, 2.45) is 0 Å². The quantitative estimate of drug-likeness (QED) is 0.416. The third-order valence-corrected chi connectivity index (χ3v) is 2.54. The fourth-order valence-corrected chi connectivity index (χ4v) is 1.79. The van der Waals surface area contributed by atoms with Gasteiger partial charge in [0.1, 0.15) is 0 Å². The van der Waals surface area contributed by atoms with Gasteiger partial charge in [-0.25, -0.2) is 8.78 Å². The van der Waals surface area contributed by atoms with Crippen molar-refractivity contribution in [3.8, 4) is 0 Å². The SMILES string of the molecule is CCCCCCCN(CCCl)CC(F)F. The van der Waals surface area contributed by atoms with Crippen LogP contribution in [0.1, 0.15) is 39.0 Å². The van der Waals surface area contributed by atoms with Crippen molar-refractivity contribution in [3.05, 3.63) is 0 Å². The van der Waals surface area contributed by atoms with E-state index < -0.39 is 6.43 Å². The van der Waals surface area contributed by atoms with Gasteiger partial charge < -0.3 is 0 Å². The second-order valence-electron chi connectivity index (χ2n) is 3.79. The van der Waals surface area contributed by atoms with Crippen molar-refractivity contribution in [3.63, 3.8) is 0 Å². The van der Waals surface area contributed by atoms with Gasteiger partial charge in [-0.15, -0.1) is 11.6 Å². The Labute approximate surface area is 96.8 Å². The van der Waals surface area contributed by atoms with E-state index in [0.29, 0.717) is 12.4 Å². The molecule has 0 aromatic rings. The van der Waals surface area contributed by atoms with Crippen LogP contribution >= 0.6 is 11.6 Å². The highest BCUT2D eigenvalue weighted by Gasteiger charge is 2.10. The second-order valence-corrected chi connectivity index (χ2v) is 4.17. The molecule has 0 aliphatic rings. The summed E-state index contributed by atoms with van der Waals surface area (Å²) in [7, 11) is 0. The average Bonchev–Trinajstić information content (AvgIpc) is 2.17. The molecule has 0 aliphatic carbocycles. The van der Waals surface area contributed by atoms with Crippen molar-refractivity contribution in [1.29, 1.82) is 0 Å². The number of alkyl halides is 3. The standard InChI is InChI=1S/C11H22ClF2N/c1-2-3-4-5-6-8-15(9-7-12)10-11(13)14/h11H,2-10H2,1H3. The third kappa shape index (κ3) is 10.4. The molecule has 0 spiro atoms. The van der Waals surface area contributed by atoms with Crippen LogP contribution in [0.2, 0.25) is 0 Å². The van der Waals surface area contributed by atoms with Gasteiger partial charge in [0, 0.05) is 12.4 Å². The molecule has 0 atom stereocenters. The molecule has 0 radical (unpaired) electrons. The number of rotatable bonds is 10. The Hall–Kier alpha value is 0.110. The minimum Gasteiger partial charge on any atom is -0.297 e. The number of halogens is 3. The molecule has 1 nitrogen and oxygen atoms in total. The lowest BCUT2D eigenvalue weighted by Crippen LogP contribution is -2.31. The molecular weight excluding hydrogens is 220 g/mol.